The molecule has 0 spiro atoms. The number of alkyl halides is 1. The van der Waals surface area contributed by atoms with Crippen molar-refractivity contribution < 1.29 is 4.52 Å². The van der Waals surface area contributed by atoms with E-state index in [-0.39, 0.29) is 0 Å². The maximum Gasteiger partial charge on any atom is 0.156 e. The summed E-state index contributed by atoms with van der Waals surface area (Å²) in [5.41, 5.74) is 2.55. The van der Waals surface area contributed by atoms with Crippen LogP contribution in [0.15, 0.2) is 28.8 Å². The molecule has 0 aliphatic rings. The quantitative estimate of drug-likeness (QED) is 0.691. The van der Waals surface area contributed by atoms with Crippen LogP contribution in [0.3, 0.4) is 0 Å². The molecule has 0 unspecified atom stereocenters. The number of rotatable bonds is 3. The van der Waals surface area contributed by atoms with Gasteiger partial charge < -0.3 is 9.09 Å². The lowest BCUT2D eigenvalue weighted by atomic mass is 10.3. The molecule has 0 fully saturated rings. The molecule has 0 bridgehead atoms. The summed E-state index contributed by atoms with van der Waals surface area (Å²) < 4.78 is 7.20. The molecule has 3 aromatic rings. The summed E-state index contributed by atoms with van der Waals surface area (Å²) in [6, 6.07) is 7.52. The smallest absolute Gasteiger partial charge is 0.156 e. The number of aromatic nitrogens is 3. The van der Waals surface area contributed by atoms with Gasteiger partial charge in [0, 0.05) is 6.07 Å². The Morgan fingerprint density at radius 2 is 2.21 bits per heavy atom. The van der Waals surface area contributed by atoms with Crippen molar-refractivity contribution in [2.75, 3.05) is 0 Å². The predicted octanol–water partition coefficient (Wildman–Crippen LogP) is 3.77. The Kier molecular flexibility index (Phi) is 3.21. The molecular weight excluding hydrogens is 285 g/mol. The van der Waals surface area contributed by atoms with E-state index in [4.69, 9.17) is 27.7 Å². The van der Waals surface area contributed by atoms with Crippen LogP contribution in [0.2, 0.25) is 5.02 Å². The molecule has 6 heteroatoms. The van der Waals surface area contributed by atoms with Crippen LogP contribution >= 0.6 is 23.2 Å². The van der Waals surface area contributed by atoms with Crippen LogP contribution in [0.4, 0.5) is 0 Å². The van der Waals surface area contributed by atoms with Gasteiger partial charge in [-0.05, 0) is 19.1 Å². The maximum atomic E-state index is 6.25. The third-order valence-corrected chi connectivity index (χ3v) is 3.45. The first-order valence-corrected chi connectivity index (χ1v) is 6.72. The lowest BCUT2D eigenvalue weighted by molar-refractivity contribution is 0.373. The zero-order valence-electron chi connectivity index (χ0n) is 10.2. The Balaban J connectivity index is 2.15. The summed E-state index contributed by atoms with van der Waals surface area (Å²) in [5.74, 6) is 1.83. The molecule has 19 heavy (non-hydrogen) atoms. The Labute approximate surface area is 119 Å². The Morgan fingerprint density at radius 3 is 2.89 bits per heavy atom. The fraction of sp³-hybridized carbons (Fsp3) is 0.231. The summed E-state index contributed by atoms with van der Waals surface area (Å²) in [6.07, 6.45) is 0. The van der Waals surface area contributed by atoms with Crippen LogP contribution < -0.4 is 0 Å². The van der Waals surface area contributed by atoms with Gasteiger partial charge in [-0.25, -0.2) is 4.98 Å². The van der Waals surface area contributed by atoms with Gasteiger partial charge in [-0.2, -0.15) is 0 Å². The standard InChI is InChI=1S/C13H11Cl2N3O/c1-8-5-9(19-17-8)7-18-12(6-14)16-11-4-2-3-10(15)13(11)18/h2-5H,6-7H2,1H3. The summed E-state index contributed by atoms with van der Waals surface area (Å²) in [4.78, 5) is 4.48. The van der Waals surface area contributed by atoms with E-state index in [9.17, 15) is 0 Å². The number of hydrogen-bond donors (Lipinski definition) is 0. The van der Waals surface area contributed by atoms with E-state index >= 15 is 0 Å². The highest BCUT2D eigenvalue weighted by Gasteiger charge is 2.14. The van der Waals surface area contributed by atoms with Gasteiger partial charge in [0.25, 0.3) is 0 Å². The van der Waals surface area contributed by atoms with Gasteiger partial charge >= 0.3 is 0 Å². The lowest BCUT2D eigenvalue weighted by Gasteiger charge is -2.05. The van der Waals surface area contributed by atoms with Crippen molar-refractivity contribution in [3.63, 3.8) is 0 Å². The first-order valence-electron chi connectivity index (χ1n) is 5.81. The Morgan fingerprint density at radius 1 is 1.37 bits per heavy atom. The highest BCUT2D eigenvalue weighted by Crippen LogP contribution is 2.26. The summed E-state index contributed by atoms with van der Waals surface area (Å²) >= 11 is 12.2. The average Bonchev–Trinajstić information content (AvgIpc) is 2.95. The predicted molar refractivity (Wildman–Crippen MR) is 74.6 cm³/mol. The number of halogens is 2. The molecule has 0 saturated heterocycles. The van der Waals surface area contributed by atoms with E-state index < -0.39 is 0 Å². The molecule has 0 N–H and O–H groups in total. The molecule has 0 radical (unpaired) electrons. The number of hydrogen-bond acceptors (Lipinski definition) is 3. The van der Waals surface area contributed by atoms with Gasteiger partial charge in [0.15, 0.2) is 5.76 Å². The number of nitrogens with zero attached hydrogens (tertiary/aromatic N) is 3. The van der Waals surface area contributed by atoms with Crippen LogP contribution in [0.5, 0.6) is 0 Å². The number of imidazole rings is 1. The highest BCUT2D eigenvalue weighted by molar-refractivity contribution is 6.35. The molecule has 0 aliphatic carbocycles. The van der Waals surface area contributed by atoms with E-state index in [0.717, 1.165) is 28.3 Å². The topological polar surface area (TPSA) is 43.9 Å². The Hall–Kier alpha value is -1.52. The fourth-order valence-electron chi connectivity index (χ4n) is 2.11. The molecule has 0 amide bonds. The molecule has 0 saturated carbocycles. The largest absolute Gasteiger partial charge is 0.359 e. The lowest BCUT2D eigenvalue weighted by Crippen LogP contribution is -2.03. The van der Waals surface area contributed by atoms with Crippen LogP contribution in [-0.2, 0) is 12.4 Å². The van der Waals surface area contributed by atoms with E-state index in [1.165, 1.54) is 0 Å². The highest BCUT2D eigenvalue weighted by atomic mass is 35.5. The van der Waals surface area contributed by atoms with Crippen LogP contribution in [0, 0.1) is 6.92 Å². The second kappa shape index (κ2) is 4.87. The van der Waals surface area contributed by atoms with Crippen molar-refractivity contribution in [2.45, 2.75) is 19.3 Å². The first kappa shape index (κ1) is 12.5. The number of fused-ring (bicyclic) bond motifs is 1. The molecule has 4 nitrogen and oxygen atoms in total. The maximum absolute atomic E-state index is 6.25. The monoisotopic (exact) mass is 295 g/mol. The fourth-order valence-corrected chi connectivity index (χ4v) is 2.58. The third kappa shape index (κ3) is 2.22. The molecule has 2 heterocycles. The van der Waals surface area contributed by atoms with Crippen LogP contribution in [0.1, 0.15) is 17.3 Å². The summed E-state index contributed by atoms with van der Waals surface area (Å²) in [6.45, 7) is 2.40. The van der Waals surface area contributed by atoms with Crippen molar-refractivity contribution in [2.24, 2.45) is 0 Å². The molecule has 98 valence electrons. The SMILES string of the molecule is Cc1cc(Cn2c(CCl)nc3cccc(Cl)c32)on1. The minimum Gasteiger partial charge on any atom is -0.359 e. The molecule has 0 atom stereocenters. The molecule has 2 aromatic heterocycles. The van der Waals surface area contributed by atoms with Crippen molar-refractivity contribution >= 4 is 34.2 Å². The second-order valence-corrected chi connectivity index (χ2v) is 4.96. The van der Waals surface area contributed by atoms with Crippen molar-refractivity contribution in [1.29, 1.82) is 0 Å². The van der Waals surface area contributed by atoms with Crippen LogP contribution in [-0.4, -0.2) is 14.7 Å². The zero-order chi connectivity index (χ0) is 13.4. The van der Waals surface area contributed by atoms with Crippen molar-refractivity contribution in [3.8, 4) is 0 Å². The second-order valence-electron chi connectivity index (χ2n) is 4.29. The van der Waals surface area contributed by atoms with E-state index in [1.54, 1.807) is 0 Å². The number of aryl methyl sites for hydroxylation is 1. The molecular formula is C13H11Cl2N3O. The van der Waals surface area contributed by atoms with E-state index in [2.05, 4.69) is 10.1 Å². The third-order valence-electron chi connectivity index (χ3n) is 2.91. The molecule has 1 aromatic carbocycles. The number of benzene rings is 1. The van der Waals surface area contributed by atoms with Gasteiger partial charge in [0.2, 0.25) is 0 Å². The Bertz CT molecular complexity index is 733. The number of para-hydroxylation sites is 1. The summed E-state index contributed by atoms with van der Waals surface area (Å²) in [7, 11) is 0. The van der Waals surface area contributed by atoms with Crippen molar-refractivity contribution in [3.05, 3.63) is 46.6 Å². The van der Waals surface area contributed by atoms with Gasteiger partial charge in [0.1, 0.15) is 5.82 Å². The van der Waals surface area contributed by atoms with Crippen molar-refractivity contribution in [1.82, 2.24) is 14.7 Å². The average molecular weight is 296 g/mol. The molecule has 0 aliphatic heterocycles. The van der Waals surface area contributed by atoms with E-state index in [1.807, 2.05) is 35.8 Å². The molecule has 3 rings (SSSR count). The van der Waals surface area contributed by atoms with E-state index in [0.29, 0.717) is 17.4 Å². The van der Waals surface area contributed by atoms with Gasteiger partial charge in [-0.1, -0.05) is 22.8 Å². The summed E-state index contributed by atoms with van der Waals surface area (Å²) in [5, 5.41) is 4.53. The van der Waals surface area contributed by atoms with Crippen LogP contribution in [0.25, 0.3) is 11.0 Å². The normalized spacial score (nSPS) is 11.3. The van der Waals surface area contributed by atoms with Gasteiger partial charge in [-0.15, -0.1) is 11.6 Å². The zero-order valence-corrected chi connectivity index (χ0v) is 11.7. The van der Waals surface area contributed by atoms with Gasteiger partial charge in [-0.3, -0.25) is 0 Å². The minimum atomic E-state index is 0.318. The van der Waals surface area contributed by atoms with Gasteiger partial charge in [0.05, 0.1) is 34.2 Å². The minimum absolute atomic E-state index is 0.318. The first-order chi connectivity index (χ1) is 9.19.